The number of nitrogens with zero attached hydrogens (tertiary/aromatic N) is 1. The summed E-state index contributed by atoms with van der Waals surface area (Å²) >= 11 is 0. The van der Waals surface area contributed by atoms with Crippen molar-refractivity contribution in [3.05, 3.63) is 59.7 Å². The highest BCUT2D eigenvalue weighted by molar-refractivity contribution is 6.03. The van der Waals surface area contributed by atoms with E-state index in [4.69, 9.17) is 0 Å². The maximum atomic E-state index is 12.5. The average Bonchev–Trinajstić information content (AvgIpc) is 2.47. The molecule has 1 N–H and O–H groups in total. The van der Waals surface area contributed by atoms with Crippen LogP contribution in [0.1, 0.15) is 15.9 Å². The van der Waals surface area contributed by atoms with Crippen LogP contribution in [-0.2, 0) is 6.42 Å². The van der Waals surface area contributed by atoms with Gasteiger partial charge in [-0.1, -0.05) is 30.3 Å². The number of hydrogen-bond donors (Lipinski definition) is 1. The fourth-order valence-electron chi connectivity index (χ4n) is 2.14. The largest absolute Gasteiger partial charge is 0.388 e. The van der Waals surface area contributed by atoms with Crippen LogP contribution in [-0.4, -0.2) is 26.9 Å². The van der Waals surface area contributed by atoms with Gasteiger partial charge in [-0.05, 0) is 23.8 Å². The molecule has 2 aromatic rings. The zero-order chi connectivity index (χ0) is 14.5. The van der Waals surface area contributed by atoms with Gasteiger partial charge in [0.1, 0.15) is 0 Å². The Bertz CT molecular complexity index is 591. The Hall–Kier alpha value is -2.29. The van der Waals surface area contributed by atoms with Gasteiger partial charge in [0.15, 0.2) is 5.78 Å². The molecule has 0 aliphatic carbocycles. The Morgan fingerprint density at radius 3 is 2.40 bits per heavy atom. The van der Waals surface area contributed by atoms with Gasteiger partial charge in [0, 0.05) is 44.5 Å². The summed E-state index contributed by atoms with van der Waals surface area (Å²) in [6, 6.07) is 15.7. The van der Waals surface area contributed by atoms with E-state index >= 15 is 0 Å². The summed E-state index contributed by atoms with van der Waals surface area (Å²) in [5.74, 6) is 0.129. The zero-order valence-corrected chi connectivity index (χ0v) is 12.2. The minimum absolute atomic E-state index is 0.129. The van der Waals surface area contributed by atoms with E-state index in [1.807, 2.05) is 74.6 Å². The molecule has 0 saturated heterocycles. The predicted octanol–water partition coefficient (Wildman–Crippen LogP) is 3.22. The van der Waals surface area contributed by atoms with Gasteiger partial charge >= 0.3 is 0 Å². The second kappa shape index (κ2) is 6.24. The van der Waals surface area contributed by atoms with Crippen molar-refractivity contribution < 1.29 is 4.79 Å². The third kappa shape index (κ3) is 3.18. The first kappa shape index (κ1) is 14.1. The molecule has 0 amide bonds. The highest BCUT2D eigenvalue weighted by Gasteiger charge is 2.13. The Morgan fingerprint density at radius 2 is 1.80 bits per heavy atom. The maximum absolute atomic E-state index is 12.5. The van der Waals surface area contributed by atoms with Crippen molar-refractivity contribution in [2.45, 2.75) is 6.42 Å². The molecule has 0 heterocycles. The van der Waals surface area contributed by atoms with Crippen molar-refractivity contribution in [1.29, 1.82) is 0 Å². The van der Waals surface area contributed by atoms with Crippen molar-refractivity contribution in [2.75, 3.05) is 31.4 Å². The lowest BCUT2D eigenvalue weighted by Gasteiger charge is -2.16. The molecule has 20 heavy (non-hydrogen) atoms. The minimum atomic E-state index is 0.129. The van der Waals surface area contributed by atoms with E-state index in [0.29, 0.717) is 6.42 Å². The molecule has 0 spiro atoms. The predicted molar refractivity (Wildman–Crippen MR) is 84.8 cm³/mol. The summed E-state index contributed by atoms with van der Waals surface area (Å²) in [6.07, 6.45) is 0.423. The maximum Gasteiger partial charge on any atom is 0.169 e. The number of ketones is 1. The zero-order valence-electron chi connectivity index (χ0n) is 12.2. The molecule has 0 bridgehead atoms. The van der Waals surface area contributed by atoms with Gasteiger partial charge in [-0.15, -0.1) is 0 Å². The second-order valence-electron chi connectivity index (χ2n) is 4.96. The topological polar surface area (TPSA) is 32.3 Å². The summed E-state index contributed by atoms with van der Waals surface area (Å²) in [7, 11) is 5.78. The molecule has 0 aliphatic heterocycles. The van der Waals surface area contributed by atoms with Crippen LogP contribution in [0.15, 0.2) is 48.5 Å². The van der Waals surface area contributed by atoms with E-state index in [0.717, 1.165) is 22.5 Å². The van der Waals surface area contributed by atoms with Crippen molar-refractivity contribution in [1.82, 2.24) is 0 Å². The fraction of sp³-hybridized carbons (Fsp3) is 0.235. The van der Waals surface area contributed by atoms with Crippen LogP contribution >= 0.6 is 0 Å². The molecule has 2 rings (SSSR count). The molecular formula is C17H20N2O. The quantitative estimate of drug-likeness (QED) is 0.845. The van der Waals surface area contributed by atoms with Gasteiger partial charge in [-0.25, -0.2) is 0 Å². The minimum Gasteiger partial charge on any atom is -0.388 e. The van der Waals surface area contributed by atoms with Crippen LogP contribution in [0.2, 0.25) is 0 Å². The first-order chi connectivity index (χ1) is 9.61. The Balaban J connectivity index is 2.30. The lowest BCUT2D eigenvalue weighted by molar-refractivity contribution is 0.0994. The molecule has 0 aromatic heterocycles. The monoisotopic (exact) mass is 268 g/mol. The molecule has 0 atom stereocenters. The summed E-state index contributed by atoms with van der Waals surface area (Å²) in [4.78, 5) is 14.5. The lowest BCUT2D eigenvalue weighted by Crippen LogP contribution is -2.12. The van der Waals surface area contributed by atoms with Gasteiger partial charge in [-0.2, -0.15) is 0 Å². The lowest BCUT2D eigenvalue weighted by atomic mass is 10.0. The van der Waals surface area contributed by atoms with Gasteiger partial charge < -0.3 is 10.2 Å². The summed E-state index contributed by atoms with van der Waals surface area (Å²) in [6.45, 7) is 0. The normalized spacial score (nSPS) is 10.2. The van der Waals surface area contributed by atoms with Crippen LogP contribution in [0.5, 0.6) is 0 Å². The third-order valence-electron chi connectivity index (χ3n) is 3.30. The van der Waals surface area contributed by atoms with Crippen LogP contribution in [0.25, 0.3) is 0 Å². The Kier molecular flexibility index (Phi) is 4.41. The Morgan fingerprint density at radius 1 is 1.10 bits per heavy atom. The van der Waals surface area contributed by atoms with Gasteiger partial charge in [0.05, 0.1) is 0 Å². The molecule has 3 heteroatoms. The van der Waals surface area contributed by atoms with Crippen LogP contribution < -0.4 is 10.2 Å². The van der Waals surface area contributed by atoms with Gasteiger partial charge in [0.2, 0.25) is 0 Å². The molecule has 0 radical (unpaired) electrons. The molecule has 2 aromatic carbocycles. The van der Waals surface area contributed by atoms with E-state index in [1.165, 1.54) is 0 Å². The molecule has 0 saturated carbocycles. The number of rotatable bonds is 5. The fourth-order valence-corrected chi connectivity index (χ4v) is 2.14. The van der Waals surface area contributed by atoms with E-state index in [2.05, 4.69) is 5.32 Å². The standard InChI is InChI=1S/C17H20N2O/c1-18-16-10-9-14(19(2)3)12-15(16)17(20)11-13-7-5-4-6-8-13/h4-10,12,18H,11H2,1-3H3. The highest BCUT2D eigenvalue weighted by Crippen LogP contribution is 2.23. The highest BCUT2D eigenvalue weighted by atomic mass is 16.1. The molecular weight excluding hydrogens is 248 g/mol. The van der Waals surface area contributed by atoms with Gasteiger partial charge in [-0.3, -0.25) is 4.79 Å². The SMILES string of the molecule is CNc1ccc(N(C)C)cc1C(=O)Cc1ccccc1. The number of anilines is 2. The van der Waals surface area contributed by atoms with Crippen LogP contribution in [0, 0.1) is 0 Å². The van der Waals surface area contributed by atoms with E-state index in [1.54, 1.807) is 0 Å². The first-order valence-corrected chi connectivity index (χ1v) is 6.68. The number of carbonyl (C=O) groups excluding carboxylic acids is 1. The van der Waals surface area contributed by atoms with E-state index in [-0.39, 0.29) is 5.78 Å². The first-order valence-electron chi connectivity index (χ1n) is 6.68. The second-order valence-corrected chi connectivity index (χ2v) is 4.96. The average molecular weight is 268 g/mol. The van der Waals surface area contributed by atoms with Crippen molar-refractivity contribution in [3.8, 4) is 0 Å². The van der Waals surface area contributed by atoms with Gasteiger partial charge in [0.25, 0.3) is 0 Å². The number of Topliss-reactive ketones (excluding diaryl/α,β-unsaturated/α-hetero) is 1. The third-order valence-corrected chi connectivity index (χ3v) is 3.30. The Labute approximate surface area is 120 Å². The molecule has 0 unspecified atom stereocenters. The van der Waals surface area contributed by atoms with E-state index in [9.17, 15) is 4.79 Å². The van der Waals surface area contributed by atoms with Crippen molar-refractivity contribution in [3.63, 3.8) is 0 Å². The summed E-state index contributed by atoms with van der Waals surface area (Å²) in [5, 5.41) is 3.09. The van der Waals surface area contributed by atoms with Crippen molar-refractivity contribution >= 4 is 17.2 Å². The summed E-state index contributed by atoms with van der Waals surface area (Å²) < 4.78 is 0. The van der Waals surface area contributed by atoms with E-state index < -0.39 is 0 Å². The smallest absolute Gasteiger partial charge is 0.169 e. The number of benzene rings is 2. The number of carbonyl (C=O) groups is 1. The molecule has 0 aliphatic rings. The molecule has 3 nitrogen and oxygen atoms in total. The molecule has 0 fully saturated rings. The molecule has 104 valence electrons. The summed E-state index contributed by atoms with van der Waals surface area (Å²) in [5.41, 5.74) is 3.68. The number of hydrogen-bond acceptors (Lipinski definition) is 3. The number of nitrogens with one attached hydrogen (secondary N) is 1. The van der Waals surface area contributed by atoms with Crippen molar-refractivity contribution in [2.24, 2.45) is 0 Å². The van der Waals surface area contributed by atoms with Crippen LogP contribution in [0.3, 0.4) is 0 Å². The van der Waals surface area contributed by atoms with Crippen LogP contribution in [0.4, 0.5) is 11.4 Å².